The van der Waals surface area contributed by atoms with E-state index in [-0.39, 0.29) is 0 Å². The quantitative estimate of drug-likeness (QED) is 0.740. The van der Waals surface area contributed by atoms with Gasteiger partial charge in [0.05, 0.1) is 19.3 Å². The van der Waals surface area contributed by atoms with E-state index >= 15 is 0 Å². The molecule has 0 amide bonds. The first-order valence-electron chi connectivity index (χ1n) is 4.96. The largest absolute Gasteiger partial charge is 0.383 e. The van der Waals surface area contributed by atoms with E-state index in [2.05, 4.69) is 30.5 Å². The summed E-state index contributed by atoms with van der Waals surface area (Å²) in [5.74, 6) is 0. The molecule has 0 saturated carbocycles. The van der Waals surface area contributed by atoms with Crippen molar-refractivity contribution in [2.24, 2.45) is 0 Å². The molecule has 0 atom stereocenters. The maximum Gasteiger partial charge on any atom is 0.0658 e. The van der Waals surface area contributed by atoms with Crippen molar-refractivity contribution in [2.45, 2.75) is 33.0 Å². The molecular formula is C10H19N3O. The van der Waals surface area contributed by atoms with Gasteiger partial charge in [-0.05, 0) is 0 Å². The Balaban J connectivity index is 2.35. The van der Waals surface area contributed by atoms with E-state index in [1.54, 1.807) is 7.11 Å². The number of nitrogens with zero attached hydrogens (tertiary/aromatic N) is 2. The highest BCUT2D eigenvalue weighted by molar-refractivity contribution is 5.03. The van der Waals surface area contributed by atoms with Gasteiger partial charge < -0.3 is 10.1 Å². The zero-order chi connectivity index (χ0) is 10.4. The number of aromatic nitrogens is 2. The van der Waals surface area contributed by atoms with Crippen LogP contribution in [-0.2, 0) is 17.8 Å². The molecule has 0 unspecified atom stereocenters. The first kappa shape index (κ1) is 11.2. The standard InChI is InChI=1S/C10H19N3O/c1-9(2)11-6-10-7-12-13(8-10)4-5-14-3/h7-9,11H,4-6H2,1-3H3. The Labute approximate surface area is 85.3 Å². The van der Waals surface area contributed by atoms with Crippen LogP contribution >= 0.6 is 0 Å². The molecule has 4 heteroatoms. The summed E-state index contributed by atoms with van der Waals surface area (Å²) in [6.45, 7) is 6.67. The van der Waals surface area contributed by atoms with Crippen LogP contribution in [-0.4, -0.2) is 29.5 Å². The van der Waals surface area contributed by atoms with Crippen LogP contribution in [0.3, 0.4) is 0 Å². The van der Waals surface area contributed by atoms with E-state index < -0.39 is 0 Å². The fourth-order valence-corrected chi connectivity index (χ4v) is 1.13. The second-order valence-corrected chi connectivity index (χ2v) is 3.64. The van der Waals surface area contributed by atoms with Crippen molar-refractivity contribution in [3.05, 3.63) is 18.0 Å². The summed E-state index contributed by atoms with van der Waals surface area (Å²) in [5, 5.41) is 7.57. The van der Waals surface area contributed by atoms with Crippen LogP contribution in [0.2, 0.25) is 0 Å². The first-order valence-corrected chi connectivity index (χ1v) is 4.96. The smallest absolute Gasteiger partial charge is 0.0658 e. The van der Waals surface area contributed by atoms with Crippen molar-refractivity contribution >= 4 is 0 Å². The van der Waals surface area contributed by atoms with Gasteiger partial charge in [-0.15, -0.1) is 0 Å². The molecule has 0 aliphatic heterocycles. The minimum Gasteiger partial charge on any atom is -0.383 e. The lowest BCUT2D eigenvalue weighted by Crippen LogP contribution is -2.21. The van der Waals surface area contributed by atoms with Gasteiger partial charge in [0.25, 0.3) is 0 Å². The average molecular weight is 197 g/mol. The topological polar surface area (TPSA) is 39.1 Å². The normalized spacial score (nSPS) is 11.1. The summed E-state index contributed by atoms with van der Waals surface area (Å²) in [7, 11) is 1.70. The SMILES string of the molecule is COCCn1cc(CNC(C)C)cn1. The second kappa shape index (κ2) is 5.78. The van der Waals surface area contributed by atoms with Gasteiger partial charge in [-0.3, -0.25) is 4.68 Å². The van der Waals surface area contributed by atoms with Crippen LogP contribution in [0, 0.1) is 0 Å². The molecule has 0 aliphatic carbocycles. The Morgan fingerprint density at radius 1 is 1.57 bits per heavy atom. The second-order valence-electron chi connectivity index (χ2n) is 3.64. The maximum atomic E-state index is 4.98. The molecule has 1 rings (SSSR count). The summed E-state index contributed by atoms with van der Waals surface area (Å²) in [6.07, 6.45) is 3.94. The zero-order valence-corrected chi connectivity index (χ0v) is 9.16. The van der Waals surface area contributed by atoms with E-state index in [0.29, 0.717) is 12.6 Å². The molecule has 0 radical (unpaired) electrons. The third-order valence-electron chi connectivity index (χ3n) is 1.93. The third kappa shape index (κ3) is 3.89. The van der Waals surface area contributed by atoms with E-state index in [9.17, 15) is 0 Å². The predicted octanol–water partition coefficient (Wildman–Crippen LogP) is 1.03. The van der Waals surface area contributed by atoms with Crippen molar-refractivity contribution in [1.82, 2.24) is 15.1 Å². The Hall–Kier alpha value is -0.870. The molecule has 0 fully saturated rings. The molecule has 4 nitrogen and oxygen atoms in total. The zero-order valence-electron chi connectivity index (χ0n) is 9.16. The summed E-state index contributed by atoms with van der Waals surface area (Å²) in [5.41, 5.74) is 1.22. The Bertz CT molecular complexity index is 258. The van der Waals surface area contributed by atoms with Crippen LogP contribution in [0.25, 0.3) is 0 Å². The number of hydrogen-bond donors (Lipinski definition) is 1. The molecule has 0 bridgehead atoms. The lowest BCUT2D eigenvalue weighted by atomic mass is 10.3. The predicted molar refractivity (Wildman–Crippen MR) is 56.1 cm³/mol. The minimum atomic E-state index is 0.511. The molecule has 0 saturated heterocycles. The average Bonchev–Trinajstić information content (AvgIpc) is 2.59. The highest BCUT2D eigenvalue weighted by Gasteiger charge is 1.99. The van der Waals surface area contributed by atoms with Gasteiger partial charge in [0, 0.05) is 31.5 Å². The molecular weight excluding hydrogens is 178 g/mol. The lowest BCUT2D eigenvalue weighted by Gasteiger charge is -2.05. The van der Waals surface area contributed by atoms with Gasteiger partial charge in [0.1, 0.15) is 0 Å². The van der Waals surface area contributed by atoms with Gasteiger partial charge in [0.2, 0.25) is 0 Å². The number of hydrogen-bond acceptors (Lipinski definition) is 3. The van der Waals surface area contributed by atoms with Crippen LogP contribution < -0.4 is 5.32 Å². The first-order chi connectivity index (χ1) is 6.72. The van der Waals surface area contributed by atoms with E-state index in [4.69, 9.17) is 4.74 Å². The molecule has 14 heavy (non-hydrogen) atoms. The minimum absolute atomic E-state index is 0.511. The Morgan fingerprint density at radius 3 is 3.00 bits per heavy atom. The summed E-state index contributed by atoms with van der Waals surface area (Å²) < 4.78 is 6.88. The van der Waals surface area contributed by atoms with Gasteiger partial charge in [0.15, 0.2) is 0 Å². The molecule has 0 aromatic carbocycles. The molecule has 1 aromatic heterocycles. The fourth-order valence-electron chi connectivity index (χ4n) is 1.13. The molecule has 1 N–H and O–H groups in total. The van der Waals surface area contributed by atoms with E-state index in [0.717, 1.165) is 13.1 Å². The Morgan fingerprint density at radius 2 is 2.36 bits per heavy atom. The van der Waals surface area contributed by atoms with Crippen molar-refractivity contribution < 1.29 is 4.74 Å². The molecule has 1 heterocycles. The Kier molecular flexibility index (Phi) is 4.62. The fraction of sp³-hybridized carbons (Fsp3) is 0.700. The highest BCUT2D eigenvalue weighted by atomic mass is 16.5. The van der Waals surface area contributed by atoms with Gasteiger partial charge in [-0.25, -0.2) is 0 Å². The molecule has 0 spiro atoms. The van der Waals surface area contributed by atoms with Crippen LogP contribution in [0.5, 0.6) is 0 Å². The number of methoxy groups -OCH3 is 1. The van der Waals surface area contributed by atoms with Crippen molar-refractivity contribution in [3.63, 3.8) is 0 Å². The summed E-state index contributed by atoms with van der Waals surface area (Å²) in [6, 6.07) is 0.511. The molecule has 80 valence electrons. The van der Waals surface area contributed by atoms with Gasteiger partial charge >= 0.3 is 0 Å². The van der Waals surface area contributed by atoms with Crippen LogP contribution in [0.15, 0.2) is 12.4 Å². The third-order valence-corrected chi connectivity index (χ3v) is 1.93. The van der Waals surface area contributed by atoms with Crippen molar-refractivity contribution in [1.29, 1.82) is 0 Å². The van der Waals surface area contributed by atoms with Crippen molar-refractivity contribution in [2.75, 3.05) is 13.7 Å². The van der Waals surface area contributed by atoms with E-state index in [1.165, 1.54) is 5.56 Å². The van der Waals surface area contributed by atoms with Crippen LogP contribution in [0.4, 0.5) is 0 Å². The number of rotatable bonds is 6. The maximum absolute atomic E-state index is 4.98. The number of nitrogens with one attached hydrogen (secondary N) is 1. The lowest BCUT2D eigenvalue weighted by molar-refractivity contribution is 0.183. The number of ether oxygens (including phenoxy) is 1. The highest BCUT2D eigenvalue weighted by Crippen LogP contribution is 1.97. The van der Waals surface area contributed by atoms with Crippen molar-refractivity contribution in [3.8, 4) is 0 Å². The summed E-state index contributed by atoms with van der Waals surface area (Å²) >= 11 is 0. The van der Waals surface area contributed by atoms with Gasteiger partial charge in [-0.1, -0.05) is 13.8 Å². The van der Waals surface area contributed by atoms with Gasteiger partial charge in [-0.2, -0.15) is 5.10 Å². The van der Waals surface area contributed by atoms with E-state index in [1.807, 2.05) is 10.9 Å². The molecule has 0 aliphatic rings. The molecule has 1 aromatic rings. The monoisotopic (exact) mass is 197 g/mol. The summed E-state index contributed by atoms with van der Waals surface area (Å²) in [4.78, 5) is 0. The van der Waals surface area contributed by atoms with Crippen LogP contribution in [0.1, 0.15) is 19.4 Å².